The van der Waals surface area contributed by atoms with Gasteiger partial charge in [-0.15, -0.1) is 16.4 Å². The molecule has 0 aromatic carbocycles. The zero-order valence-corrected chi connectivity index (χ0v) is 12.4. The maximum atomic E-state index is 11.4. The quantitative estimate of drug-likeness (QED) is 0.938. The van der Waals surface area contributed by atoms with Crippen molar-refractivity contribution in [2.45, 2.75) is 32.7 Å². The Balaban J connectivity index is 1.95. The van der Waals surface area contributed by atoms with Gasteiger partial charge in [0.2, 0.25) is 0 Å². The molecule has 2 aromatic rings. The molecule has 1 saturated carbocycles. The molecular formula is C12H13ClN4O2S. The number of tetrazole rings is 1. The van der Waals surface area contributed by atoms with Crippen LogP contribution in [0.5, 0.6) is 0 Å². The van der Waals surface area contributed by atoms with Crippen LogP contribution < -0.4 is 0 Å². The topological polar surface area (TPSA) is 80.9 Å². The molecule has 1 N–H and O–H groups in total. The van der Waals surface area contributed by atoms with E-state index in [-0.39, 0.29) is 6.54 Å². The summed E-state index contributed by atoms with van der Waals surface area (Å²) in [4.78, 5) is 12.2. The van der Waals surface area contributed by atoms with Crippen LogP contribution in [-0.2, 0) is 11.3 Å². The minimum Gasteiger partial charge on any atom is -0.481 e. The molecule has 3 rings (SSSR count). The number of carboxylic acids is 1. The second-order valence-electron chi connectivity index (χ2n) is 5.16. The number of rotatable bonds is 4. The molecule has 2 aromatic heterocycles. The highest BCUT2D eigenvalue weighted by Gasteiger charge is 2.45. The molecule has 2 heterocycles. The fraction of sp³-hybridized carbons (Fsp3) is 0.500. The van der Waals surface area contributed by atoms with Crippen LogP contribution in [0.25, 0.3) is 10.7 Å². The van der Waals surface area contributed by atoms with Gasteiger partial charge in [0.15, 0.2) is 5.82 Å². The van der Waals surface area contributed by atoms with Gasteiger partial charge in [-0.1, -0.05) is 18.0 Å². The van der Waals surface area contributed by atoms with Gasteiger partial charge in [-0.3, -0.25) is 4.79 Å². The van der Waals surface area contributed by atoms with Gasteiger partial charge in [0.05, 0.1) is 21.9 Å². The van der Waals surface area contributed by atoms with Crippen molar-refractivity contribution < 1.29 is 9.90 Å². The number of carbonyl (C=O) groups is 1. The fourth-order valence-corrected chi connectivity index (χ4v) is 3.65. The lowest BCUT2D eigenvalue weighted by molar-refractivity contribution is -0.156. The smallest absolute Gasteiger partial charge is 0.311 e. The monoisotopic (exact) mass is 312 g/mol. The summed E-state index contributed by atoms with van der Waals surface area (Å²) in [5, 5.41) is 23.6. The first kappa shape index (κ1) is 13.5. The van der Waals surface area contributed by atoms with Crippen LogP contribution >= 0.6 is 22.9 Å². The normalized spacial score (nSPS) is 16.9. The molecule has 0 aliphatic heterocycles. The van der Waals surface area contributed by atoms with Gasteiger partial charge in [-0.2, -0.15) is 0 Å². The Hall–Kier alpha value is -1.47. The number of hydrogen-bond donors (Lipinski definition) is 1. The van der Waals surface area contributed by atoms with E-state index in [1.54, 1.807) is 4.68 Å². The number of aliphatic carboxylic acids is 1. The van der Waals surface area contributed by atoms with Crippen molar-refractivity contribution in [3.05, 3.63) is 16.0 Å². The lowest BCUT2D eigenvalue weighted by Crippen LogP contribution is -2.42. The zero-order valence-electron chi connectivity index (χ0n) is 10.8. The number of thiophene rings is 1. The molecule has 6 nitrogen and oxygen atoms in total. The Morgan fingerprint density at radius 2 is 2.35 bits per heavy atom. The SMILES string of the molecule is Cc1csc(-c2nnnn2CC2(C(=O)O)CCC2)c1Cl. The number of aromatic nitrogens is 4. The minimum absolute atomic E-state index is 0.290. The number of aryl methyl sites for hydroxylation is 1. The highest BCUT2D eigenvalue weighted by molar-refractivity contribution is 7.14. The van der Waals surface area contributed by atoms with E-state index in [2.05, 4.69) is 15.5 Å². The van der Waals surface area contributed by atoms with Gasteiger partial charge >= 0.3 is 5.97 Å². The fourth-order valence-electron chi connectivity index (χ4n) is 2.38. The summed E-state index contributed by atoms with van der Waals surface area (Å²) in [5.41, 5.74) is 0.237. The van der Waals surface area contributed by atoms with E-state index in [4.69, 9.17) is 11.6 Å². The summed E-state index contributed by atoms with van der Waals surface area (Å²) in [6, 6.07) is 0. The summed E-state index contributed by atoms with van der Waals surface area (Å²) in [6.45, 7) is 2.21. The molecule has 0 amide bonds. The molecule has 1 aliphatic rings. The molecule has 8 heteroatoms. The number of hydrogen-bond acceptors (Lipinski definition) is 5. The van der Waals surface area contributed by atoms with Crippen LogP contribution in [-0.4, -0.2) is 31.3 Å². The number of halogens is 1. The molecule has 0 unspecified atom stereocenters. The third-order valence-electron chi connectivity index (χ3n) is 3.85. The Labute approximate surface area is 124 Å². The van der Waals surface area contributed by atoms with Gasteiger partial charge in [0.1, 0.15) is 0 Å². The van der Waals surface area contributed by atoms with E-state index < -0.39 is 11.4 Å². The highest BCUT2D eigenvalue weighted by atomic mass is 35.5. The summed E-state index contributed by atoms with van der Waals surface area (Å²) < 4.78 is 1.56. The second kappa shape index (κ2) is 4.82. The van der Waals surface area contributed by atoms with Crippen molar-refractivity contribution >= 4 is 28.9 Å². The molecule has 106 valence electrons. The average molecular weight is 313 g/mol. The van der Waals surface area contributed by atoms with E-state index in [0.717, 1.165) is 16.9 Å². The van der Waals surface area contributed by atoms with E-state index in [9.17, 15) is 9.90 Å². The summed E-state index contributed by atoms with van der Waals surface area (Å²) in [5.74, 6) is -0.237. The van der Waals surface area contributed by atoms with Crippen molar-refractivity contribution in [3.63, 3.8) is 0 Å². The maximum absolute atomic E-state index is 11.4. The van der Waals surface area contributed by atoms with Crippen molar-refractivity contribution in [2.24, 2.45) is 5.41 Å². The molecule has 0 saturated heterocycles. The van der Waals surface area contributed by atoms with Crippen LogP contribution in [0, 0.1) is 12.3 Å². The van der Waals surface area contributed by atoms with Gasteiger partial charge in [-0.25, -0.2) is 4.68 Å². The van der Waals surface area contributed by atoms with E-state index in [1.807, 2.05) is 12.3 Å². The maximum Gasteiger partial charge on any atom is 0.311 e. The Kier molecular flexibility index (Phi) is 3.25. The van der Waals surface area contributed by atoms with E-state index in [0.29, 0.717) is 23.7 Å². The Morgan fingerprint density at radius 1 is 1.60 bits per heavy atom. The lowest BCUT2D eigenvalue weighted by Gasteiger charge is -2.37. The molecule has 20 heavy (non-hydrogen) atoms. The number of nitrogens with zero attached hydrogens (tertiary/aromatic N) is 4. The Morgan fingerprint density at radius 3 is 2.85 bits per heavy atom. The Bertz CT molecular complexity index is 662. The first-order valence-electron chi connectivity index (χ1n) is 6.27. The molecule has 1 fully saturated rings. The predicted molar refractivity (Wildman–Crippen MR) is 74.8 cm³/mol. The standard InChI is InChI=1S/C12H13ClN4O2S/c1-7-5-20-9(8(7)13)10-14-15-16-17(10)6-12(11(18)19)3-2-4-12/h5H,2-4,6H2,1H3,(H,18,19). The van der Waals surface area contributed by atoms with E-state index >= 15 is 0 Å². The highest BCUT2D eigenvalue weighted by Crippen LogP contribution is 2.43. The van der Waals surface area contributed by atoms with Gasteiger partial charge in [-0.05, 0) is 41.1 Å². The summed E-state index contributed by atoms with van der Waals surface area (Å²) in [6.07, 6.45) is 2.26. The summed E-state index contributed by atoms with van der Waals surface area (Å²) in [7, 11) is 0. The van der Waals surface area contributed by atoms with Gasteiger partial charge in [0, 0.05) is 0 Å². The molecule has 0 atom stereocenters. The van der Waals surface area contributed by atoms with Gasteiger partial charge in [0.25, 0.3) is 0 Å². The molecule has 1 aliphatic carbocycles. The zero-order chi connectivity index (χ0) is 14.3. The molecular weight excluding hydrogens is 300 g/mol. The van der Waals surface area contributed by atoms with Crippen molar-refractivity contribution in [2.75, 3.05) is 0 Å². The van der Waals surface area contributed by atoms with Crippen molar-refractivity contribution in [1.29, 1.82) is 0 Å². The number of carboxylic acid groups (broad SMARTS) is 1. The van der Waals surface area contributed by atoms with Gasteiger partial charge < -0.3 is 5.11 Å². The van der Waals surface area contributed by atoms with Crippen molar-refractivity contribution in [3.8, 4) is 10.7 Å². The summed E-state index contributed by atoms with van der Waals surface area (Å²) >= 11 is 7.70. The van der Waals surface area contributed by atoms with Crippen LogP contribution in [0.1, 0.15) is 24.8 Å². The molecule has 0 radical (unpaired) electrons. The largest absolute Gasteiger partial charge is 0.481 e. The van der Waals surface area contributed by atoms with Crippen LogP contribution in [0.2, 0.25) is 5.02 Å². The van der Waals surface area contributed by atoms with Crippen molar-refractivity contribution in [1.82, 2.24) is 20.2 Å². The van der Waals surface area contributed by atoms with Crippen LogP contribution in [0.15, 0.2) is 5.38 Å². The van der Waals surface area contributed by atoms with Crippen LogP contribution in [0.3, 0.4) is 0 Å². The predicted octanol–water partition coefficient (Wildman–Crippen LogP) is 2.62. The lowest BCUT2D eigenvalue weighted by atomic mass is 9.69. The first-order chi connectivity index (χ1) is 9.53. The molecule has 0 bridgehead atoms. The third kappa shape index (κ3) is 2.01. The average Bonchev–Trinajstić information content (AvgIpc) is 2.92. The van der Waals surface area contributed by atoms with E-state index in [1.165, 1.54) is 11.3 Å². The van der Waals surface area contributed by atoms with Crippen LogP contribution in [0.4, 0.5) is 0 Å². The first-order valence-corrected chi connectivity index (χ1v) is 7.53. The molecule has 0 spiro atoms. The minimum atomic E-state index is -0.779. The third-order valence-corrected chi connectivity index (χ3v) is 5.54. The second-order valence-corrected chi connectivity index (χ2v) is 6.42.